The first-order valence-electron chi connectivity index (χ1n) is 6.74. The molecule has 0 saturated heterocycles. The minimum Gasteiger partial charge on any atom is -0.265 e. The molecular weight excluding hydrogens is 278 g/mol. The third kappa shape index (κ3) is 3.67. The predicted octanol–water partition coefficient (Wildman–Crippen LogP) is 4.14. The van der Waals surface area contributed by atoms with Gasteiger partial charge >= 0.3 is 0 Å². The molecule has 0 N–H and O–H groups in total. The molecule has 0 aliphatic carbocycles. The van der Waals surface area contributed by atoms with Gasteiger partial charge in [-0.3, -0.25) is 4.98 Å². The molecule has 0 aliphatic heterocycles. The van der Waals surface area contributed by atoms with Gasteiger partial charge in [0.15, 0.2) is 5.82 Å². The van der Waals surface area contributed by atoms with Crippen LogP contribution in [0, 0.1) is 6.92 Å². The van der Waals surface area contributed by atoms with Crippen LogP contribution < -0.4 is 0 Å². The summed E-state index contributed by atoms with van der Waals surface area (Å²) in [5.41, 5.74) is 3.27. The van der Waals surface area contributed by atoms with Crippen molar-refractivity contribution in [1.29, 1.82) is 0 Å². The van der Waals surface area contributed by atoms with E-state index in [9.17, 15) is 0 Å². The molecule has 3 nitrogen and oxygen atoms in total. The van der Waals surface area contributed by atoms with Crippen molar-refractivity contribution in [3.05, 3.63) is 72.2 Å². The maximum atomic E-state index is 4.64. The number of hydrogen-bond acceptors (Lipinski definition) is 4. The first-order chi connectivity index (χ1) is 10.3. The lowest BCUT2D eigenvalue weighted by Gasteiger charge is -2.06. The summed E-state index contributed by atoms with van der Waals surface area (Å²) in [7, 11) is 0. The summed E-state index contributed by atoms with van der Waals surface area (Å²) in [5, 5.41) is 0.998. The Morgan fingerprint density at radius 2 is 1.71 bits per heavy atom. The Labute approximate surface area is 128 Å². The van der Waals surface area contributed by atoms with Crippen LogP contribution in [0.15, 0.2) is 66.0 Å². The first-order valence-corrected chi connectivity index (χ1v) is 7.72. The van der Waals surface area contributed by atoms with Crippen LogP contribution in [-0.4, -0.2) is 15.0 Å². The highest BCUT2D eigenvalue weighted by Crippen LogP contribution is 2.24. The second-order valence-corrected chi connectivity index (χ2v) is 5.68. The fourth-order valence-electron chi connectivity index (χ4n) is 1.98. The lowest BCUT2D eigenvalue weighted by Crippen LogP contribution is -1.94. The third-order valence-corrected chi connectivity index (χ3v) is 3.98. The van der Waals surface area contributed by atoms with E-state index in [0.29, 0.717) is 0 Å². The minimum absolute atomic E-state index is 0.757. The van der Waals surface area contributed by atoms with Gasteiger partial charge in [0.25, 0.3) is 0 Å². The smallest absolute Gasteiger partial charge is 0.160 e. The van der Waals surface area contributed by atoms with Gasteiger partial charge in [-0.1, -0.05) is 30.3 Å². The number of rotatable bonds is 4. The van der Waals surface area contributed by atoms with Gasteiger partial charge in [-0.15, -0.1) is 11.8 Å². The lowest BCUT2D eigenvalue weighted by molar-refractivity contribution is 1.02. The summed E-state index contributed by atoms with van der Waals surface area (Å²) < 4.78 is 0. The van der Waals surface area contributed by atoms with E-state index in [0.717, 1.165) is 27.9 Å². The Hall–Kier alpha value is -2.20. The van der Waals surface area contributed by atoms with E-state index < -0.39 is 0 Å². The Balaban J connectivity index is 1.82. The fraction of sp³-hybridized carbons (Fsp3) is 0.118. The van der Waals surface area contributed by atoms with Gasteiger partial charge in [-0.05, 0) is 30.7 Å². The number of benzene rings is 1. The molecule has 0 saturated carbocycles. The zero-order chi connectivity index (χ0) is 14.5. The van der Waals surface area contributed by atoms with Crippen LogP contribution in [0.25, 0.3) is 11.4 Å². The molecule has 0 unspecified atom stereocenters. The largest absolute Gasteiger partial charge is 0.265 e. The fourth-order valence-corrected chi connectivity index (χ4v) is 2.89. The molecular formula is C17H15N3S. The molecule has 2 aromatic heterocycles. The van der Waals surface area contributed by atoms with Gasteiger partial charge in [0.05, 0.1) is 0 Å². The Bertz CT molecular complexity index is 715. The Morgan fingerprint density at radius 1 is 0.952 bits per heavy atom. The van der Waals surface area contributed by atoms with Crippen molar-refractivity contribution in [2.24, 2.45) is 0 Å². The van der Waals surface area contributed by atoms with Crippen LogP contribution in [0.1, 0.15) is 11.3 Å². The molecule has 21 heavy (non-hydrogen) atoms. The van der Waals surface area contributed by atoms with Crippen LogP contribution in [-0.2, 0) is 5.75 Å². The number of hydrogen-bond donors (Lipinski definition) is 0. The Kier molecular flexibility index (Phi) is 4.26. The van der Waals surface area contributed by atoms with Crippen molar-refractivity contribution < 1.29 is 0 Å². The average Bonchev–Trinajstić information content (AvgIpc) is 2.54. The van der Waals surface area contributed by atoms with Crippen LogP contribution >= 0.6 is 11.8 Å². The van der Waals surface area contributed by atoms with Gasteiger partial charge in [-0.25, -0.2) is 9.97 Å². The van der Waals surface area contributed by atoms with Crippen LogP contribution in [0.2, 0.25) is 0 Å². The van der Waals surface area contributed by atoms with Crippen LogP contribution in [0.4, 0.5) is 0 Å². The maximum absolute atomic E-state index is 4.64. The van der Waals surface area contributed by atoms with Crippen molar-refractivity contribution >= 4 is 11.8 Å². The SMILES string of the molecule is Cc1cc(SCc2ccccc2)nc(-c2ccncc2)n1. The molecule has 0 amide bonds. The van der Waals surface area contributed by atoms with Gasteiger partial charge < -0.3 is 0 Å². The van der Waals surface area contributed by atoms with E-state index in [1.54, 1.807) is 24.2 Å². The minimum atomic E-state index is 0.757. The molecule has 0 atom stereocenters. The zero-order valence-electron chi connectivity index (χ0n) is 11.7. The van der Waals surface area contributed by atoms with E-state index in [4.69, 9.17) is 0 Å². The van der Waals surface area contributed by atoms with E-state index in [1.165, 1.54) is 5.56 Å². The highest BCUT2D eigenvalue weighted by Gasteiger charge is 2.05. The van der Waals surface area contributed by atoms with Crippen LogP contribution in [0.5, 0.6) is 0 Å². The molecule has 0 fully saturated rings. The normalized spacial score (nSPS) is 10.5. The van der Waals surface area contributed by atoms with Crippen molar-refractivity contribution in [2.75, 3.05) is 0 Å². The number of thioether (sulfide) groups is 1. The summed E-state index contributed by atoms with van der Waals surface area (Å²) in [4.78, 5) is 13.2. The molecule has 0 radical (unpaired) electrons. The van der Waals surface area contributed by atoms with E-state index in [2.05, 4.69) is 39.2 Å². The van der Waals surface area contributed by atoms with Gasteiger partial charge in [0.1, 0.15) is 5.03 Å². The summed E-state index contributed by atoms with van der Waals surface area (Å²) in [6.07, 6.45) is 3.52. The standard InChI is InChI=1S/C17H15N3S/c1-13-11-16(21-12-14-5-3-2-4-6-14)20-17(19-13)15-7-9-18-10-8-15/h2-11H,12H2,1H3. The summed E-state index contributed by atoms with van der Waals surface area (Å²) in [6, 6.07) is 16.3. The Morgan fingerprint density at radius 3 is 2.48 bits per heavy atom. The molecule has 2 heterocycles. The molecule has 3 rings (SSSR count). The van der Waals surface area contributed by atoms with Crippen molar-refractivity contribution in [2.45, 2.75) is 17.7 Å². The zero-order valence-corrected chi connectivity index (χ0v) is 12.5. The summed E-state index contributed by atoms with van der Waals surface area (Å²) in [6.45, 7) is 2.00. The number of aromatic nitrogens is 3. The molecule has 0 spiro atoms. The third-order valence-electron chi connectivity index (χ3n) is 3.00. The molecule has 4 heteroatoms. The second kappa shape index (κ2) is 6.50. The summed E-state index contributed by atoms with van der Waals surface area (Å²) >= 11 is 1.73. The van der Waals surface area contributed by atoms with Crippen molar-refractivity contribution in [3.8, 4) is 11.4 Å². The molecule has 1 aromatic carbocycles. The van der Waals surface area contributed by atoms with Gasteiger partial charge in [0.2, 0.25) is 0 Å². The quantitative estimate of drug-likeness (QED) is 0.535. The molecule has 0 bridgehead atoms. The predicted molar refractivity (Wildman–Crippen MR) is 86.0 cm³/mol. The highest BCUT2D eigenvalue weighted by atomic mass is 32.2. The monoisotopic (exact) mass is 293 g/mol. The second-order valence-electron chi connectivity index (χ2n) is 4.68. The molecule has 104 valence electrons. The van der Waals surface area contributed by atoms with Crippen molar-refractivity contribution in [3.63, 3.8) is 0 Å². The van der Waals surface area contributed by atoms with Gasteiger partial charge in [-0.2, -0.15) is 0 Å². The molecule has 0 aliphatic rings. The summed E-state index contributed by atoms with van der Waals surface area (Å²) in [5.74, 6) is 1.67. The van der Waals surface area contributed by atoms with Gasteiger partial charge in [0, 0.05) is 29.4 Å². The molecule has 3 aromatic rings. The highest BCUT2D eigenvalue weighted by molar-refractivity contribution is 7.98. The van der Waals surface area contributed by atoms with E-state index in [1.807, 2.05) is 31.2 Å². The first kappa shape index (κ1) is 13.8. The number of nitrogens with zero attached hydrogens (tertiary/aromatic N) is 3. The van der Waals surface area contributed by atoms with Crippen molar-refractivity contribution in [1.82, 2.24) is 15.0 Å². The van der Waals surface area contributed by atoms with E-state index >= 15 is 0 Å². The number of aryl methyl sites for hydroxylation is 1. The van der Waals surface area contributed by atoms with E-state index in [-0.39, 0.29) is 0 Å². The van der Waals surface area contributed by atoms with Crippen LogP contribution in [0.3, 0.4) is 0 Å². The lowest BCUT2D eigenvalue weighted by atomic mass is 10.2. The average molecular weight is 293 g/mol. The number of pyridine rings is 1. The maximum Gasteiger partial charge on any atom is 0.160 e. The topological polar surface area (TPSA) is 38.7 Å².